The third-order valence-corrected chi connectivity index (χ3v) is 4.19. The summed E-state index contributed by atoms with van der Waals surface area (Å²) in [5.74, 6) is 1.26. The zero-order chi connectivity index (χ0) is 19.8. The molecule has 0 atom stereocenters. The second kappa shape index (κ2) is 7.40. The maximum absolute atomic E-state index is 12.9. The predicted octanol–water partition coefficient (Wildman–Crippen LogP) is 4.69. The summed E-state index contributed by atoms with van der Waals surface area (Å²) in [6.07, 6.45) is 2.60. The molecule has 0 fully saturated rings. The quantitative estimate of drug-likeness (QED) is 0.565. The Kier molecular flexibility index (Phi) is 5.34. The SMILES string of the molecule is COc1c(Br)cn2nc(Cl)nc(N(Cc3ccco3)C(=O)OC(C)(C)C)c12. The second-order valence-electron chi connectivity index (χ2n) is 6.65. The van der Waals surface area contributed by atoms with Gasteiger partial charge in [-0.2, -0.15) is 4.98 Å². The van der Waals surface area contributed by atoms with E-state index >= 15 is 0 Å². The highest BCUT2D eigenvalue weighted by Gasteiger charge is 2.29. The number of anilines is 1. The summed E-state index contributed by atoms with van der Waals surface area (Å²) in [6, 6.07) is 3.49. The Morgan fingerprint density at radius 3 is 2.78 bits per heavy atom. The number of furan rings is 1. The molecule has 27 heavy (non-hydrogen) atoms. The summed E-state index contributed by atoms with van der Waals surface area (Å²) < 4.78 is 18.5. The van der Waals surface area contributed by atoms with Gasteiger partial charge in [-0.25, -0.2) is 9.31 Å². The molecular weight excluding hydrogens is 440 g/mol. The number of nitrogens with zero attached hydrogens (tertiary/aromatic N) is 4. The van der Waals surface area contributed by atoms with Crippen molar-refractivity contribution >= 4 is 45.0 Å². The molecule has 0 radical (unpaired) electrons. The van der Waals surface area contributed by atoms with Crippen molar-refractivity contribution in [2.45, 2.75) is 32.9 Å². The van der Waals surface area contributed by atoms with Crippen LogP contribution in [0.5, 0.6) is 5.75 Å². The van der Waals surface area contributed by atoms with Crippen LogP contribution in [0.15, 0.2) is 33.5 Å². The van der Waals surface area contributed by atoms with Crippen molar-refractivity contribution in [3.8, 4) is 5.75 Å². The lowest BCUT2D eigenvalue weighted by molar-refractivity contribution is 0.0574. The van der Waals surface area contributed by atoms with E-state index < -0.39 is 11.7 Å². The van der Waals surface area contributed by atoms with Crippen LogP contribution in [0.3, 0.4) is 0 Å². The van der Waals surface area contributed by atoms with Gasteiger partial charge in [0.05, 0.1) is 24.4 Å². The molecule has 0 unspecified atom stereocenters. The molecule has 0 aliphatic heterocycles. The lowest BCUT2D eigenvalue weighted by atomic mass is 10.2. The lowest BCUT2D eigenvalue weighted by Gasteiger charge is -2.26. The number of amides is 1. The van der Waals surface area contributed by atoms with Crippen molar-refractivity contribution in [3.05, 3.63) is 40.1 Å². The van der Waals surface area contributed by atoms with Crippen LogP contribution in [0, 0.1) is 0 Å². The van der Waals surface area contributed by atoms with Gasteiger partial charge in [-0.3, -0.25) is 4.90 Å². The molecule has 0 bridgehead atoms. The second-order valence-corrected chi connectivity index (χ2v) is 7.85. The topological polar surface area (TPSA) is 82.1 Å². The minimum Gasteiger partial charge on any atom is -0.493 e. The van der Waals surface area contributed by atoms with Crippen molar-refractivity contribution in [1.29, 1.82) is 0 Å². The molecule has 8 nitrogen and oxygen atoms in total. The Bertz CT molecular complexity index is 966. The highest BCUT2D eigenvalue weighted by molar-refractivity contribution is 9.10. The van der Waals surface area contributed by atoms with Gasteiger partial charge in [0, 0.05) is 6.20 Å². The molecular formula is C17H18BrClN4O4. The van der Waals surface area contributed by atoms with Crippen molar-refractivity contribution in [1.82, 2.24) is 14.6 Å². The molecule has 144 valence electrons. The summed E-state index contributed by atoms with van der Waals surface area (Å²) in [4.78, 5) is 18.6. The fourth-order valence-corrected chi connectivity index (χ4v) is 3.17. The normalized spacial score (nSPS) is 11.6. The first kappa shape index (κ1) is 19.5. The van der Waals surface area contributed by atoms with Gasteiger partial charge in [0.1, 0.15) is 11.4 Å². The van der Waals surface area contributed by atoms with E-state index in [0.717, 1.165) is 0 Å². The number of carbonyl (C=O) groups excluding carboxylic acids is 1. The van der Waals surface area contributed by atoms with Gasteiger partial charge >= 0.3 is 6.09 Å². The van der Waals surface area contributed by atoms with E-state index in [1.807, 2.05) is 0 Å². The fraction of sp³-hybridized carbons (Fsp3) is 0.353. The average Bonchev–Trinajstić information content (AvgIpc) is 3.16. The summed E-state index contributed by atoms with van der Waals surface area (Å²) in [6.45, 7) is 5.45. The molecule has 3 heterocycles. The van der Waals surface area contributed by atoms with Crippen LogP contribution in [0.25, 0.3) is 5.52 Å². The smallest absolute Gasteiger partial charge is 0.416 e. The number of aromatic nitrogens is 3. The minimum atomic E-state index is -0.696. The van der Waals surface area contributed by atoms with Crippen LogP contribution < -0.4 is 9.64 Å². The molecule has 0 aliphatic carbocycles. The van der Waals surface area contributed by atoms with E-state index in [1.165, 1.54) is 22.8 Å². The molecule has 0 aliphatic rings. The number of carbonyl (C=O) groups is 1. The van der Waals surface area contributed by atoms with E-state index in [4.69, 9.17) is 25.5 Å². The van der Waals surface area contributed by atoms with E-state index in [9.17, 15) is 4.79 Å². The van der Waals surface area contributed by atoms with E-state index in [2.05, 4.69) is 26.0 Å². The number of methoxy groups -OCH3 is 1. The first-order valence-electron chi connectivity index (χ1n) is 8.01. The summed E-state index contributed by atoms with van der Waals surface area (Å²) in [5.41, 5.74) is -0.232. The molecule has 0 N–H and O–H groups in total. The standard InChI is InChI=1S/C17H18BrClN4O4/c1-17(2,3)27-16(24)22(8-10-6-5-7-26-10)14-12-13(25-4)11(18)9-23(12)21-15(19)20-14/h5-7,9H,8H2,1-4H3. The number of fused-ring (bicyclic) bond motifs is 1. The van der Waals surface area contributed by atoms with Crippen molar-refractivity contribution < 1.29 is 18.7 Å². The minimum absolute atomic E-state index is 0.0318. The number of hydrogen-bond donors (Lipinski definition) is 0. The molecule has 0 saturated carbocycles. The summed E-state index contributed by atoms with van der Waals surface area (Å²) in [5, 5.41) is 4.11. The van der Waals surface area contributed by atoms with Gasteiger partial charge in [-0.1, -0.05) is 0 Å². The highest BCUT2D eigenvalue weighted by atomic mass is 79.9. The molecule has 3 aromatic rings. The van der Waals surface area contributed by atoms with Crippen molar-refractivity contribution in [3.63, 3.8) is 0 Å². The Morgan fingerprint density at radius 1 is 1.44 bits per heavy atom. The molecule has 3 rings (SSSR count). The Hall–Kier alpha value is -2.26. The van der Waals surface area contributed by atoms with Crippen LogP contribution in [0.2, 0.25) is 5.28 Å². The summed E-state index contributed by atoms with van der Waals surface area (Å²) in [7, 11) is 1.52. The van der Waals surface area contributed by atoms with Gasteiger partial charge in [-0.05, 0) is 60.4 Å². The Labute approximate surface area is 169 Å². The Balaban J connectivity index is 2.17. The molecule has 1 amide bonds. The zero-order valence-electron chi connectivity index (χ0n) is 15.2. The number of hydrogen-bond acceptors (Lipinski definition) is 6. The first-order valence-corrected chi connectivity index (χ1v) is 9.18. The third-order valence-electron chi connectivity index (χ3n) is 3.46. The third kappa shape index (κ3) is 4.19. The van der Waals surface area contributed by atoms with E-state index in [1.54, 1.807) is 39.1 Å². The number of halogens is 2. The van der Waals surface area contributed by atoms with E-state index in [-0.39, 0.29) is 17.6 Å². The molecule has 0 aromatic carbocycles. The van der Waals surface area contributed by atoms with Gasteiger partial charge in [0.25, 0.3) is 0 Å². The van der Waals surface area contributed by atoms with Crippen LogP contribution in [-0.2, 0) is 11.3 Å². The lowest BCUT2D eigenvalue weighted by Crippen LogP contribution is -2.37. The van der Waals surface area contributed by atoms with E-state index in [0.29, 0.717) is 21.5 Å². The highest BCUT2D eigenvalue weighted by Crippen LogP contribution is 2.37. The maximum Gasteiger partial charge on any atom is 0.416 e. The fourth-order valence-electron chi connectivity index (χ4n) is 2.47. The zero-order valence-corrected chi connectivity index (χ0v) is 17.5. The Morgan fingerprint density at radius 2 is 2.19 bits per heavy atom. The summed E-state index contributed by atoms with van der Waals surface area (Å²) >= 11 is 9.51. The van der Waals surface area contributed by atoms with Crippen molar-refractivity contribution in [2.75, 3.05) is 12.0 Å². The van der Waals surface area contributed by atoms with Gasteiger partial charge in [0.2, 0.25) is 5.28 Å². The predicted molar refractivity (Wildman–Crippen MR) is 103 cm³/mol. The number of ether oxygens (including phenoxy) is 2. The van der Waals surface area contributed by atoms with Crippen LogP contribution in [-0.4, -0.2) is 33.4 Å². The molecule has 0 saturated heterocycles. The molecule has 3 aromatic heterocycles. The largest absolute Gasteiger partial charge is 0.493 e. The first-order chi connectivity index (χ1) is 12.7. The monoisotopic (exact) mass is 456 g/mol. The van der Waals surface area contributed by atoms with Crippen LogP contribution in [0.1, 0.15) is 26.5 Å². The van der Waals surface area contributed by atoms with Crippen LogP contribution in [0.4, 0.5) is 10.6 Å². The van der Waals surface area contributed by atoms with Crippen molar-refractivity contribution in [2.24, 2.45) is 0 Å². The van der Waals surface area contributed by atoms with Gasteiger partial charge in [-0.15, -0.1) is 5.10 Å². The van der Waals surface area contributed by atoms with Crippen LogP contribution >= 0.6 is 27.5 Å². The molecule has 10 heteroatoms. The average molecular weight is 458 g/mol. The van der Waals surface area contributed by atoms with Gasteiger partial charge < -0.3 is 13.9 Å². The van der Waals surface area contributed by atoms with Gasteiger partial charge in [0.15, 0.2) is 17.1 Å². The maximum atomic E-state index is 12.9. The molecule has 0 spiro atoms. The number of rotatable bonds is 4.